The van der Waals surface area contributed by atoms with Gasteiger partial charge in [-0.15, -0.1) is 0 Å². The average Bonchev–Trinajstić information content (AvgIpc) is 1.85. The summed E-state index contributed by atoms with van der Waals surface area (Å²) in [5, 5.41) is 11.8. The van der Waals surface area contributed by atoms with Gasteiger partial charge < -0.3 is 16.2 Å². The Bertz CT molecular complexity index is 97.6. The van der Waals surface area contributed by atoms with Crippen LogP contribution in [0.2, 0.25) is 0 Å². The molecule has 12 heavy (non-hydrogen) atoms. The Kier molecular flexibility index (Phi) is 5.46. The van der Waals surface area contributed by atoms with Crippen molar-refractivity contribution in [3.05, 3.63) is 0 Å². The molecule has 0 radical (unpaired) electrons. The van der Waals surface area contributed by atoms with Crippen LogP contribution >= 0.6 is 0 Å². The third kappa shape index (κ3) is 12.5. The molecule has 1 heterocycles. The lowest BCUT2D eigenvalue weighted by atomic mass is 10.1. The molecule has 4 N–H and O–H groups in total. The van der Waals surface area contributed by atoms with Gasteiger partial charge in [0.1, 0.15) is 0 Å². The lowest BCUT2D eigenvalue weighted by molar-refractivity contribution is 0.102. The van der Waals surface area contributed by atoms with E-state index < -0.39 is 5.60 Å². The van der Waals surface area contributed by atoms with Crippen molar-refractivity contribution in [3.63, 3.8) is 0 Å². The topological polar surface area (TPSA) is 58.3 Å². The number of piperidine rings is 1. The van der Waals surface area contributed by atoms with E-state index in [2.05, 4.69) is 5.32 Å². The monoisotopic (exact) mass is 174 g/mol. The summed E-state index contributed by atoms with van der Waals surface area (Å²) in [5.74, 6) is 0. The first-order chi connectivity index (χ1) is 5.39. The highest BCUT2D eigenvalue weighted by atomic mass is 16.3. The van der Waals surface area contributed by atoms with Crippen LogP contribution in [0.3, 0.4) is 0 Å². The second-order valence-corrected chi connectivity index (χ2v) is 4.26. The van der Waals surface area contributed by atoms with Crippen LogP contribution in [0.15, 0.2) is 0 Å². The third-order valence-electron chi connectivity index (χ3n) is 1.38. The minimum Gasteiger partial charge on any atom is -0.391 e. The SMILES string of the molecule is CC(C)(C)O.NC1CCNCC1. The molecule has 74 valence electrons. The number of nitrogens with two attached hydrogens (primary N) is 1. The summed E-state index contributed by atoms with van der Waals surface area (Å²) < 4.78 is 0. The molecule has 3 heteroatoms. The van der Waals surface area contributed by atoms with E-state index in [-0.39, 0.29) is 0 Å². The quantitative estimate of drug-likeness (QED) is 0.500. The zero-order chi connectivity index (χ0) is 9.61. The highest BCUT2D eigenvalue weighted by Crippen LogP contribution is 1.96. The van der Waals surface area contributed by atoms with Gasteiger partial charge in [-0.3, -0.25) is 0 Å². The highest BCUT2D eigenvalue weighted by Gasteiger charge is 2.05. The lowest BCUT2D eigenvalue weighted by Crippen LogP contribution is -2.35. The molecule has 0 bridgehead atoms. The molecule has 1 saturated heterocycles. The summed E-state index contributed by atoms with van der Waals surface area (Å²) >= 11 is 0. The van der Waals surface area contributed by atoms with Gasteiger partial charge in [-0.2, -0.15) is 0 Å². The van der Waals surface area contributed by atoms with E-state index in [1.807, 2.05) is 0 Å². The molecule has 0 amide bonds. The fourth-order valence-electron chi connectivity index (χ4n) is 0.844. The minimum atomic E-state index is -0.500. The minimum absolute atomic E-state index is 0.473. The van der Waals surface area contributed by atoms with Crippen LogP contribution in [0, 0.1) is 0 Å². The Morgan fingerprint density at radius 1 is 1.25 bits per heavy atom. The van der Waals surface area contributed by atoms with Crippen molar-refractivity contribution in [2.45, 2.75) is 45.3 Å². The summed E-state index contributed by atoms with van der Waals surface area (Å²) in [7, 11) is 0. The third-order valence-corrected chi connectivity index (χ3v) is 1.38. The van der Waals surface area contributed by atoms with Crippen LogP contribution in [-0.2, 0) is 0 Å². The largest absolute Gasteiger partial charge is 0.391 e. The van der Waals surface area contributed by atoms with Crippen molar-refractivity contribution >= 4 is 0 Å². The number of nitrogens with one attached hydrogen (secondary N) is 1. The molecule has 3 nitrogen and oxygen atoms in total. The Hall–Kier alpha value is -0.120. The fraction of sp³-hybridized carbons (Fsp3) is 1.00. The van der Waals surface area contributed by atoms with Gasteiger partial charge in [-0.05, 0) is 46.7 Å². The predicted octanol–water partition coefficient (Wildman–Crippen LogP) is 0.474. The van der Waals surface area contributed by atoms with E-state index in [0.717, 1.165) is 25.9 Å². The Morgan fingerprint density at radius 3 is 1.75 bits per heavy atom. The van der Waals surface area contributed by atoms with Gasteiger partial charge >= 0.3 is 0 Å². The van der Waals surface area contributed by atoms with E-state index in [4.69, 9.17) is 10.8 Å². The van der Waals surface area contributed by atoms with E-state index >= 15 is 0 Å². The smallest absolute Gasteiger partial charge is 0.0563 e. The zero-order valence-electron chi connectivity index (χ0n) is 8.43. The molecule has 0 atom stereocenters. The van der Waals surface area contributed by atoms with Crippen molar-refractivity contribution in [3.8, 4) is 0 Å². The van der Waals surface area contributed by atoms with Gasteiger partial charge in [0.15, 0.2) is 0 Å². The molecule has 0 spiro atoms. The van der Waals surface area contributed by atoms with Gasteiger partial charge in [-0.25, -0.2) is 0 Å². The predicted molar refractivity (Wildman–Crippen MR) is 52.1 cm³/mol. The second-order valence-electron chi connectivity index (χ2n) is 4.26. The van der Waals surface area contributed by atoms with Crippen LogP contribution in [-0.4, -0.2) is 29.8 Å². The van der Waals surface area contributed by atoms with Crippen molar-refractivity contribution < 1.29 is 5.11 Å². The maximum absolute atomic E-state index is 8.52. The molecule has 0 aliphatic carbocycles. The lowest BCUT2D eigenvalue weighted by Gasteiger charge is -2.17. The summed E-state index contributed by atoms with van der Waals surface area (Å²) in [6.45, 7) is 7.45. The molecule has 1 fully saturated rings. The summed E-state index contributed by atoms with van der Waals surface area (Å²) in [6.07, 6.45) is 2.31. The van der Waals surface area contributed by atoms with Gasteiger partial charge in [0.2, 0.25) is 0 Å². The molecular weight excluding hydrogens is 152 g/mol. The number of hydrogen-bond acceptors (Lipinski definition) is 3. The first-order valence-electron chi connectivity index (χ1n) is 4.58. The summed E-state index contributed by atoms with van der Waals surface area (Å²) in [5.41, 5.74) is 5.09. The first kappa shape index (κ1) is 11.9. The maximum atomic E-state index is 8.52. The molecule has 0 unspecified atom stereocenters. The van der Waals surface area contributed by atoms with Crippen LogP contribution < -0.4 is 11.1 Å². The van der Waals surface area contributed by atoms with Crippen LogP contribution in [0.5, 0.6) is 0 Å². The standard InChI is InChI=1S/C5H12N2.C4H10O/c6-5-1-3-7-4-2-5;1-4(2,3)5/h5,7H,1-4,6H2;5H,1-3H3. The molecule has 0 aromatic carbocycles. The van der Waals surface area contributed by atoms with Gasteiger partial charge in [0.05, 0.1) is 5.60 Å². The summed E-state index contributed by atoms with van der Waals surface area (Å²) in [6, 6.07) is 0.473. The molecule has 0 aromatic rings. The van der Waals surface area contributed by atoms with Crippen molar-refractivity contribution in [2.75, 3.05) is 13.1 Å². The van der Waals surface area contributed by atoms with Crippen LogP contribution in [0.1, 0.15) is 33.6 Å². The van der Waals surface area contributed by atoms with Crippen molar-refractivity contribution in [2.24, 2.45) is 5.73 Å². The van der Waals surface area contributed by atoms with E-state index in [1.54, 1.807) is 20.8 Å². The van der Waals surface area contributed by atoms with Crippen LogP contribution in [0.25, 0.3) is 0 Å². The van der Waals surface area contributed by atoms with Gasteiger partial charge in [0.25, 0.3) is 0 Å². The number of aliphatic hydroxyl groups is 1. The van der Waals surface area contributed by atoms with E-state index in [9.17, 15) is 0 Å². The van der Waals surface area contributed by atoms with Gasteiger partial charge in [-0.1, -0.05) is 0 Å². The Labute approximate surface area is 75.3 Å². The van der Waals surface area contributed by atoms with Crippen molar-refractivity contribution in [1.82, 2.24) is 5.32 Å². The first-order valence-corrected chi connectivity index (χ1v) is 4.58. The van der Waals surface area contributed by atoms with Gasteiger partial charge in [0, 0.05) is 6.04 Å². The molecule has 1 aliphatic heterocycles. The Morgan fingerprint density at radius 2 is 1.58 bits per heavy atom. The summed E-state index contributed by atoms with van der Waals surface area (Å²) in [4.78, 5) is 0. The molecule has 0 aromatic heterocycles. The van der Waals surface area contributed by atoms with Crippen LogP contribution in [0.4, 0.5) is 0 Å². The molecule has 1 aliphatic rings. The van der Waals surface area contributed by atoms with E-state index in [0.29, 0.717) is 6.04 Å². The maximum Gasteiger partial charge on any atom is 0.0563 e. The second kappa shape index (κ2) is 5.51. The fourth-order valence-corrected chi connectivity index (χ4v) is 0.844. The molecular formula is C9H22N2O. The Balaban J connectivity index is 0.000000217. The number of hydrogen-bond donors (Lipinski definition) is 3. The average molecular weight is 174 g/mol. The number of rotatable bonds is 0. The molecule has 0 saturated carbocycles. The zero-order valence-corrected chi connectivity index (χ0v) is 8.43. The highest BCUT2D eigenvalue weighted by molar-refractivity contribution is 4.69. The van der Waals surface area contributed by atoms with Crippen molar-refractivity contribution in [1.29, 1.82) is 0 Å². The normalized spacial score (nSPS) is 19.8. The van der Waals surface area contributed by atoms with E-state index in [1.165, 1.54) is 0 Å². The molecule has 1 rings (SSSR count).